The van der Waals surface area contributed by atoms with Gasteiger partial charge in [-0.25, -0.2) is 0 Å². The second-order valence-electron chi connectivity index (χ2n) is 11.6. The molecule has 0 spiro atoms. The first-order valence-corrected chi connectivity index (χ1v) is 20.5. The summed E-state index contributed by atoms with van der Waals surface area (Å²) in [7, 11) is -7.00. The summed E-state index contributed by atoms with van der Waals surface area (Å²) in [4.78, 5) is 20.8. The summed E-state index contributed by atoms with van der Waals surface area (Å²) in [6, 6.07) is 0. The van der Waals surface area contributed by atoms with Crippen molar-refractivity contribution in [2.45, 2.75) is 211 Å². The van der Waals surface area contributed by atoms with Crippen molar-refractivity contribution in [2.24, 2.45) is 0 Å². The monoisotopic (exact) mass is 724 g/mol. The molecule has 8 atom stereocenters. The number of aliphatic hydroxyl groups is 2. The van der Waals surface area contributed by atoms with Crippen molar-refractivity contribution in [1.82, 2.24) is 0 Å². The van der Waals surface area contributed by atoms with Gasteiger partial charge in [-0.2, -0.15) is 0 Å². The molecule has 0 aromatic heterocycles. The third-order valence-corrected chi connectivity index (χ3v) is 10.9. The molecule has 13 heteroatoms. The number of aliphatic hydroxyl groups excluding tert-OH is 2. The minimum atomic E-state index is -3.50. The van der Waals surface area contributed by atoms with E-state index in [-0.39, 0.29) is 70.5 Å². The van der Waals surface area contributed by atoms with Crippen LogP contribution in [0.5, 0.6) is 0 Å². The molecule has 0 heterocycles. The topological polar surface area (TPSA) is 136 Å². The van der Waals surface area contributed by atoms with E-state index < -0.39 is 18.1 Å². The molecule has 8 unspecified atom stereocenters. The van der Waals surface area contributed by atoms with E-state index in [1.54, 1.807) is 13.8 Å². The molecule has 0 aliphatic carbocycles. The maximum absolute atomic E-state index is 10.4. The van der Waals surface area contributed by atoms with Gasteiger partial charge in [-0.15, -0.1) is 0 Å². The molecule has 0 bridgehead atoms. The van der Waals surface area contributed by atoms with Gasteiger partial charge >= 0.3 is 18.1 Å². The first-order valence-electron chi connectivity index (χ1n) is 17.1. The molecule has 45 heavy (non-hydrogen) atoms. The number of rotatable bonds is 20. The van der Waals surface area contributed by atoms with Gasteiger partial charge in [-0.1, -0.05) is 55.4 Å². The van der Waals surface area contributed by atoms with Gasteiger partial charge in [-0.3, -0.25) is 0 Å². The van der Waals surface area contributed by atoms with Crippen LogP contribution in [0.4, 0.5) is 0 Å². The average molecular weight is 725 g/mol. The standard InChI is InChI=1S/2C12H28O4Si.2C4H10O.Ti/c2*1-7-10(4)14-17(13,15-11(5)8-2)16-12(6)9-3;2*1-3-4(2)5;/h2*10-13H,7-9H2,1-6H3;2*4-5H,3H2,1-2H3;. The Bertz CT molecular complexity index is 496. The molecule has 276 valence electrons. The summed E-state index contributed by atoms with van der Waals surface area (Å²) in [6.45, 7) is 31.0. The van der Waals surface area contributed by atoms with Crippen LogP contribution in [0.25, 0.3) is 0 Å². The van der Waals surface area contributed by atoms with Crippen molar-refractivity contribution >= 4 is 18.1 Å². The van der Waals surface area contributed by atoms with Gasteiger partial charge in [0.05, 0.1) is 12.2 Å². The van der Waals surface area contributed by atoms with E-state index in [1.165, 1.54) is 0 Å². The average Bonchev–Trinajstić information content (AvgIpc) is 2.96. The van der Waals surface area contributed by atoms with Crippen molar-refractivity contribution in [2.75, 3.05) is 0 Å². The molecular weight excluding hydrogens is 648 g/mol. The molecule has 0 saturated carbocycles. The van der Waals surface area contributed by atoms with Crippen LogP contribution in [0.1, 0.15) is 162 Å². The maximum atomic E-state index is 10.4. The number of hydrogen-bond acceptors (Lipinski definition) is 10. The summed E-state index contributed by atoms with van der Waals surface area (Å²) in [5, 5.41) is 16.7. The zero-order valence-electron chi connectivity index (χ0n) is 32.0. The Hall–Kier alpha value is 0.748. The van der Waals surface area contributed by atoms with Crippen LogP contribution < -0.4 is 0 Å². The molecular formula is C32H76O10Si2Ti. The third kappa shape index (κ3) is 37.4. The first-order chi connectivity index (χ1) is 20.3. The smallest absolute Gasteiger partial charge is 0.393 e. The molecule has 0 fully saturated rings. The van der Waals surface area contributed by atoms with Crippen molar-refractivity contribution in [3.63, 3.8) is 0 Å². The Balaban J connectivity index is -0.000000179. The SMILES string of the molecule is CCC(C)O.CCC(C)O.CCC(C)O[Si](O)(OC(C)CC)OC(C)CC.CCC(C)O[Si](O)(OC(C)CC)OC(C)CC.[Ti]. The minimum absolute atomic E-state index is 0. The Kier molecular flexibility index (Phi) is 40.8. The summed E-state index contributed by atoms with van der Waals surface area (Å²) in [5.41, 5.74) is 0. The Morgan fingerprint density at radius 1 is 0.356 bits per heavy atom. The Morgan fingerprint density at radius 2 is 0.467 bits per heavy atom. The molecule has 10 nitrogen and oxygen atoms in total. The Labute approximate surface area is 296 Å². The van der Waals surface area contributed by atoms with Gasteiger partial charge in [0.2, 0.25) is 0 Å². The van der Waals surface area contributed by atoms with Crippen molar-refractivity contribution in [3.05, 3.63) is 0 Å². The zero-order chi connectivity index (χ0) is 35.5. The van der Waals surface area contributed by atoms with Crippen LogP contribution >= 0.6 is 0 Å². The van der Waals surface area contributed by atoms with E-state index >= 15 is 0 Å². The maximum Gasteiger partial charge on any atom is 0.677 e. The third-order valence-electron chi connectivity index (χ3n) is 6.73. The van der Waals surface area contributed by atoms with Gasteiger partial charge in [-0.05, 0) is 107 Å². The van der Waals surface area contributed by atoms with E-state index in [0.717, 1.165) is 51.4 Å². The molecule has 0 aromatic rings. The van der Waals surface area contributed by atoms with Gasteiger partial charge < -0.3 is 46.4 Å². The van der Waals surface area contributed by atoms with Crippen LogP contribution in [-0.2, 0) is 48.3 Å². The molecule has 0 radical (unpaired) electrons. The van der Waals surface area contributed by atoms with Crippen LogP contribution in [0, 0.1) is 0 Å². The van der Waals surface area contributed by atoms with Crippen molar-refractivity contribution in [1.29, 1.82) is 0 Å². The molecule has 0 aromatic carbocycles. The normalized spacial score (nSPS) is 18.9. The summed E-state index contributed by atoms with van der Waals surface area (Å²) in [6.07, 6.45) is 6.09. The number of hydrogen-bond donors (Lipinski definition) is 4. The van der Waals surface area contributed by atoms with E-state index in [0.29, 0.717) is 0 Å². The fourth-order valence-electron chi connectivity index (χ4n) is 2.19. The van der Waals surface area contributed by atoms with Crippen LogP contribution in [-0.4, -0.2) is 86.7 Å². The summed E-state index contributed by atoms with van der Waals surface area (Å²) < 4.78 is 33.5. The largest absolute Gasteiger partial charge is 0.677 e. The quantitative estimate of drug-likeness (QED) is 0.0950. The van der Waals surface area contributed by atoms with Gasteiger partial charge in [0.1, 0.15) is 0 Å². The van der Waals surface area contributed by atoms with Crippen LogP contribution in [0.2, 0.25) is 0 Å². The summed E-state index contributed by atoms with van der Waals surface area (Å²) >= 11 is 0. The van der Waals surface area contributed by atoms with Crippen LogP contribution in [0.15, 0.2) is 0 Å². The van der Waals surface area contributed by atoms with E-state index in [4.69, 9.17) is 36.8 Å². The molecule has 0 aliphatic heterocycles. The summed E-state index contributed by atoms with van der Waals surface area (Å²) in [5.74, 6) is 0. The second kappa shape index (κ2) is 33.3. The predicted molar refractivity (Wildman–Crippen MR) is 185 cm³/mol. The molecule has 0 aliphatic rings. The Morgan fingerprint density at radius 3 is 0.533 bits per heavy atom. The fourth-order valence-corrected chi connectivity index (χ4v) is 6.58. The van der Waals surface area contributed by atoms with Crippen molar-refractivity contribution in [3.8, 4) is 0 Å². The van der Waals surface area contributed by atoms with Gasteiger partial charge in [0.15, 0.2) is 0 Å². The second-order valence-corrected chi connectivity index (χ2v) is 15.1. The predicted octanol–water partition coefficient (Wildman–Crippen LogP) is 7.27. The van der Waals surface area contributed by atoms with E-state index in [1.807, 2.05) is 96.9 Å². The molecule has 0 amide bonds. The van der Waals surface area contributed by atoms with Gasteiger partial charge in [0, 0.05) is 58.3 Å². The van der Waals surface area contributed by atoms with Gasteiger partial charge in [0.25, 0.3) is 0 Å². The molecule has 0 rings (SSSR count). The molecule has 0 saturated heterocycles. The fraction of sp³-hybridized carbons (Fsp3) is 1.00. The van der Waals surface area contributed by atoms with E-state index in [9.17, 15) is 9.59 Å². The van der Waals surface area contributed by atoms with Crippen LogP contribution in [0.3, 0.4) is 0 Å². The van der Waals surface area contributed by atoms with Crippen molar-refractivity contribution < 1.29 is 68.1 Å². The first kappa shape index (κ1) is 55.2. The molecule has 4 N–H and O–H groups in total. The van der Waals surface area contributed by atoms with E-state index in [2.05, 4.69) is 0 Å². The zero-order valence-corrected chi connectivity index (χ0v) is 35.6. The minimum Gasteiger partial charge on any atom is -0.393 e.